The first-order valence-corrected chi connectivity index (χ1v) is 4.17. The predicted molar refractivity (Wildman–Crippen MR) is 44.9 cm³/mol. The van der Waals surface area contributed by atoms with Gasteiger partial charge in [0.15, 0.2) is 0 Å². The first-order valence-electron chi connectivity index (χ1n) is 4.17. The fourth-order valence-electron chi connectivity index (χ4n) is 1.42. The Labute approximate surface area is 84.8 Å². The van der Waals surface area contributed by atoms with Crippen molar-refractivity contribution in [2.24, 2.45) is 0 Å². The van der Waals surface area contributed by atoms with Gasteiger partial charge in [-0.05, 0) is 33.9 Å². The summed E-state index contributed by atoms with van der Waals surface area (Å²) in [5, 5.41) is 0. The molecule has 0 atom stereocenters. The maximum absolute atomic E-state index is 2.55. The predicted octanol–water partition coefficient (Wildman–Crippen LogP) is 2.08. The Morgan fingerprint density at radius 1 is 1.09 bits per heavy atom. The molecule has 0 aromatic rings. The average molecular weight is 324 g/mol. The third-order valence-electron chi connectivity index (χ3n) is 2.15. The molecule has 1 nitrogen and oxygen atoms in total. The van der Waals surface area contributed by atoms with Gasteiger partial charge in [-0.1, -0.05) is 0 Å². The molecule has 0 unspecified atom stereocenters. The summed E-state index contributed by atoms with van der Waals surface area (Å²) in [5.41, 5.74) is 0.383. The summed E-state index contributed by atoms with van der Waals surface area (Å²) in [7, 11) is 0. The van der Waals surface area contributed by atoms with E-state index in [4.69, 9.17) is 0 Å². The minimum absolute atomic E-state index is 0. The van der Waals surface area contributed by atoms with E-state index < -0.39 is 0 Å². The van der Waals surface area contributed by atoms with Crippen molar-refractivity contribution in [2.45, 2.75) is 39.2 Å². The minimum atomic E-state index is 0. The number of likely N-dealkylation sites (tertiary alicyclic amines) is 1. The molecule has 1 aliphatic heterocycles. The van der Waals surface area contributed by atoms with Crippen LogP contribution in [0.15, 0.2) is 0 Å². The van der Waals surface area contributed by atoms with E-state index in [0.29, 0.717) is 5.54 Å². The Morgan fingerprint density at radius 3 is 1.82 bits per heavy atom. The van der Waals surface area contributed by atoms with Gasteiger partial charge in [-0.3, -0.25) is 0 Å². The Bertz CT molecular complexity index is 101. The van der Waals surface area contributed by atoms with E-state index in [9.17, 15) is 0 Å². The molecule has 0 aromatic carbocycles. The summed E-state index contributed by atoms with van der Waals surface area (Å²) in [6.45, 7) is 9.38. The molecule has 1 rings (SSSR count). The SMILES string of the molecule is CC(C)(C)N1CC[CH-]CC1.[W+2]. The van der Waals surface area contributed by atoms with Crippen molar-refractivity contribution in [3.8, 4) is 0 Å². The van der Waals surface area contributed by atoms with Crippen molar-refractivity contribution in [3.05, 3.63) is 6.42 Å². The molecule has 1 saturated heterocycles. The molecule has 0 aromatic heterocycles. The molecule has 1 aliphatic rings. The zero-order valence-corrected chi connectivity index (χ0v) is 10.7. The number of hydrogen-bond acceptors (Lipinski definition) is 1. The number of piperidine rings is 1. The summed E-state index contributed by atoms with van der Waals surface area (Å²) in [4.78, 5) is 2.55. The van der Waals surface area contributed by atoms with Crippen molar-refractivity contribution < 1.29 is 21.1 Å². The van der Waals surface area contributed by atoms with E-state index in [1.807, 2.05) is 0 Å². The molecular weight excluding hydrogens is 306 g/mol. The van der Waals surface area contributed by atoms with E-state index in [0.717, 1.165) is 0 Å². The van der Waals surface area contributed by atoms with Crippen LogP contribution in [0, 0.1) is 6.42 Å². The van der Waals surface area contributed by atoms with Crippen molar-refractivity contribution in [3.63, 3.8) is 0 Å². The molecule has 2 heteroatoms. The Balaban J connectivity index is 0.000001000. The van der Waals surface area contributed by atoms with Gasteiger partial charge in [-0.15, -0.1) is 0 Å². The average Bonchev–Trinajstić information content (AvgIpc) is 1.88. The monoisotopic (exact) mass is 324 g/mol. The normalized spacial score (nSPS) is 21.0. The van der Waals surface area contributed by atoms with E-state index in [-0.39, 0.29) is 21.1 Å². The molecule has 0 bridgehead atoms. The van der Waals surface area contributed by atoms with Crippen LogP contribution in [0.25, 0.3) is 0 Å². The van der Waals surface area contributed by atoms with E-state index in [2.05, 4.69) is 32.1 Å². The molecule has 0 radical (unpaired) electrons. The zero-order valence-electron chi connectivity index (χ0n) is 7.76. The largest absolute Gasteiger partial charge is 2.00 e. The van der Waals surface area contributed by atoms with Crippen molar-refractivity contribution >= 4 is 0 Å². The fourth-order valence-corrected chi connectivity index (χ4v) is 1.42. The van der Waals surface area contributed by atoms with Crippen LogP contribution in [0.3, 0.4) is 0 Å². The summed E-state index contributed by atoms with van der Waals surface area (Å²) in [6, 6.07) is 0. The van der Waals surface area contributed by atoms with Crippen LogP contribution in [0.5, 0.6) is 0 Å². The first kappa shape index (κ1) is 11.6. The molecule has 0 amide bonds. The van der Waals surface area contributed by atoms with Crippen molar-refractivity contribution in [1.82, 2.24) is 4.90 Å². The van der Waals surface area contributed by atoms with Crippen LogP contribution in [0.4, 0.5) is 0 Å². The van der Waals surface area contributed by atoms with Gasteiger partial charge in [0.2, 0.25) is 0 Å². The van der Waals surface area contributed by atoms with E-state index in [1.54, 1.807) is 0 Å². The third-order valence-corrected chi connectivity index (χ3v) is 2.15. The molecule has 64 valence electrons. The quantitative estimate of drug-likeness (QED) is 0.617. The molecule has 11 heavy (non-hydrogen) atoms. The number of nitrogens with zero attached hydrogens (tertiary/aromatic N) is 1. The summed E-state index contributed by atoms with van der Waals surface area (Å²) >= 11 is 0. The Hall–Kier alpha value is 0.648. The topological polar surface area (TPSA) is 3.24 Å². The molecule has 0 saturated carbocycles. The van der Waals surface area contributed by atoms with Gasteiger partial charge >= 0.3 is 21.1 Å². The van der Waals surface area contributed by atoms with Crippen LogP contribution in [-0.4, -0.2) is 23.5 Å². The fraction of sp³-hybridized carbons (Fsp3) is 0.889. The molecule has 1 fully saturated rings. The molecule has 0 N–H and O–H groups in total. The maximum Gasteiger partial charge on any atom is 2.00 e. The first-order chi connectivity index (χ1) is 4.61. The molecule has 0 aliphatic carbocycles. The summed E-state index contributed by atoms with van der Waals surface area (Å²) < 4.78 is 0. The number of rotatable bonds is 0. The molecular formula is C9H18NW+. The second-order valence-corrected chi connectivity index (χ2v) is 4.02. The second kappa shape index (κ2) is 4.62. The van der Waals surface area contributed by atoms with Gasteiger partial charge in [-0.25, -0.2) is 0 Å². The smallest absolute Gasteiger partial charge is 0.326 e. The van der Waals surface area contributed by atoms with Crippen LogP contribution >= 0.6 is 0 Å². The summed E-state index contributed by atoms with van der Waals surface area (Å²) in [6.07, 6.45) is 4.94. The van der Waals surface area contributed by atoms with Gasteiger partial charge in [0.25, 0.3) is 0 Å². The van der Waals surface area contributed by atoms with Gasteiger partial charge in [0.1, 0.15) is 0 Å². The van der Waals surface area contributed by atoms with Crippen molar-refractivity contribution in [2.75, 3.05) is 13.1 Å². The Morgan fingerprint density at radius 2 is 1.55 bits per heavy atom. The van der Waals surface area contributed by atoms with Gasteiger partial charge < -0.3 is 11.3 Å². The second-order valence-electron chi connectivity index (χ2n) is 4.02. The van der Waals surface area contributed by atoms with Crippen LogP contribution in [0.2, 0.25) is 0 Å². The van der Waals surface area contributed by atoms with E-state index >= 15 is 0 Å². The van der Waals surface area contributed by atoms with Crippen molar-refractivity contribution in [1.29, 1.82) is 0 Å². The molecule has 1 heterocycles. The van der Waals surface area contributed by atoms with Crippen LogP contribution < -0.4 is 0 Å². The Kier molecular flexibility index (Phi) is 4.89. The minimum Gasteiger partial charge on any atom is -0.326 e. The van der Waals surface area contributed by atoms with Gasteiger partial charge in [0.05, 0.1) is 0 Å². The van der Waals surface area contributed by atoms with Gasteiger partial charge in [-0.2, -0.15) is 12.8 Å². The third kappa shape index (κ3) is 3.71. The zero-order chi connectivity index (χ0) is 7.61. The molecule has 0 spiro atoms. The standard InChI is InChI=1S/C9H18N.W/c1-9(2,3)10-7-5-4-6-8-10;/h4H,5-8H2,1-3H3;/q-1;+2. The number of hydrogen-bond donors (Lipinski definition) is 0. The van der Waals surface area contributed by atoms with Crippen LogP contribution in [-0.2, 0) is 21.1 Å². The van der Waals surface area contributed by atoms with E-state index in [1.165, 1.54) is 25.9 Å². The maximum atomic E-state index is 2.55. The summed E-state index contributed by atoms with van der Waals surface area (Å²) in [5.74, 6) is 0. The van der Waals surface area contributed by atoms with Crippen LogP contribution in [0.1, 0.15) is 33.6 Å². The van der Waals surface area contributed by atoms with Gasteiger partial charge in [0, 0.05) is 5.54 Å².